The van der Waals surface area contributed by atoms with Crippen LogP contribution in [0.15, 0.2) is 66.3 Å². The van der Waals surface area contributed by atoms with E-state index < -0.39 is 0 Å². The summed E-state index contributed by atoms with van der Waals surface area (Å²) in [6.45, 7) is 1.26. The molecule has 7 nitrogen and oxygen atoms in total. The first kappa shape index (κ1) is 20.3. The largest absolute Gasteiger partial charge is 0.342 e. The van der Waals surface area contributed by atoms with Crippen molar-refractivity contribution in [1.29, 1.82) is 0 Å². The van der Waals surface area contributed by atoms with Gasteiger partial charge in [-0.3, -0.25) is 24.9 Å². The zero-order valence-corrected chi connectivity index (χ0v) is 18.1. The molecule has 0 aliphatic carbocycles. The summed E-state index contributed by atoms with van der Waals surface area (Å²) in [6.07, 6.45) is 4.46. The molecule has 0 saturated carbocycles. The maximum Gasteiger partial charge on any atom is 0.258 e. The third kappa shape index (κ3) is 4.22. The number of thiazole rings is 1. The van der Waals surface area contributed by atoms with Crippen LogP contribution in [0.5, 0.6) is 0 Å². The van der Waals surface area contributed by atoms with E-state index in [0.717, 1.165) is 28.7 Å². The van der Waals surface area contributed by atoms with Crippen molar-refractivity contribution >= 4 is 39.2 Å². The lowest BCUT2D eigenvalue weighted by Crippen LogP contribution is -2.30. The molecule has 4 heterocycles. The molecule has 32 heavy (non-hydrogen) atoms. The standard InChI is InChI=1S/C24H21N5O2S/c30-22(13-17-5-3-4-9-25-17)29-11-8-16(15-29)21-14-19(18-6-1-2-7-20(18)27-21)23(31)28-24-26-10-12-32-24/h1-7,9-10,12,14,16H,8,11,13,15H2,(H,26,28,31). The van der Waals surface area contributed by atoms with Crippen LogP contribution >= 0.6 is 11.3 Å². The summed E-state index contributed by atoms with van der Waals surface area (Å²) in [6, 6.07) is 15.1. The number of hydrogen-bond acceptors (Lipinski definition) is 6. The highest BCUT2D eigenvalue weighted by molar-refractivity contribution is 7.13. The Labute approximate surface area is 189 Å². The number of benzene rings is 1. The highest BCUT2D eigenvalue weighted by Crippen LogP contribution is 2.30. The van der Waals surface area contributed by atoms with Crippen molar-refractivity contribution in [2.45, 2.75) is 18.8 Å². The maximum atomic E-state index is 13.0. The lowest BCUT2D eigenvalue weighted by atomic mass is 9.99. The third-order valence-electron chi connectivity index (χ3n) is 5.65. The van der Waals surface area contributed by atoms with Crippen molar-refractivity contribution in [2.75, 3.05) is 18.4 Å². The van der Waals surface area contributed by atoms with Crippen LogP contribution in [0.1, 0.15) is 34.1 Å². The van der Waals surface area contributed by atoms with Gasteiger partial charge in [0.25, 0.3) is 5.91 Å². The van der Waals surface area contributed by atoms with Crippen molar-refractivity contribution in [3.8, 4) is 0 Å². The van der Waals surface area contributed by atoms with Crippen LogP contribution in [0.3, 0.4) is 0 Å². The fraction of sp³-hybridized carbons (Fsp3) is 0.208. The zero-order valence-electron chi connectivity index (χ0n) is 17.3. The molecule has 0 radical (unpaired) electrons. The molecule has 5 rings (SSSR count). The molecule has 2 amide bonds. The number of amides is 2. The van der Waals surface area contributed by atoms with Crippen molar-refractivity contribution in [3.63, 3.8) is 0 Å². The number of nitrogens with zero attached hydrogens (tertiary/aromatic N) is 4. The van der Waals surface area contributed by atoms with E-state index in [9.17, 15) is 9.59 Å². The van der Waals surface area contributed by atoms with E-state index in [0.29, 0.717) is 30.2 Å². The second-order valence-corrected chi connectivity index (χ2v) is 8.62. The number of pyridine rings is 2. The molecular weight excluding hydrogens is 422 g/mol. The third-order valence-corrected chi connectivity index (χ3v) is 6.34. The van der Waals surface area contributed by atoms with Crippen LogP contribution < -0.4 is 5.32 Å². The number of carbonyl (C=O) groups excluding carboxylic acids is 2. The number of likely N-dealkylation sites (tertiary alicyclic amines) is 1. The molecule has 8 heteroatoms. The van der Waals surface area contributed by atoms with Crippen molar-refractivity contribution < 1.29 is 9.59 Å². The van der Waals surface area contributed by atoms with Gasteiger partial charge in [-0.15, -0.1) is 11.3 Å². The molecule has 1 unspecified atom stereocenters. The van der Waals surface area contributed by atoms with Gasteiger partial charge in [-0.05, 0) is 30.7 Å². The van der Waals surface area contributed by atoms with Gasteiger partial charge in [-0.2, -0.15) is 0 Å². The van der Waals surface area contributed by atoms with E-state index in [1.54, 1.807) is 12.4 Å². The van der Waals surface area contributed by atoms with Gasteiger partial charge < -0.3 is 4.90 Å². The summed E-state index contributed by atoms with van der Waals surface area (Å²) < 4.78 is 0. The van der Waals surface area contributed by atoms with Gasteiger partial charge in [0.1, 0.15) is 0 Å². The minimum absolute atomic E-state index is 0.0636. The fourth-order valence-electron chi connectivity index (χ4n) is 4.04. The highest BCUT2D eigenvalue weighted by atomic mass is 32.1. The zero-order chi connectivity index (χ0) is 21.9. The first-order valence-corrected chi connectivity index (χ1v) is 11.3. The topological polar surface area (TPSA) is 88.1 Å². The second kappa shape index (κ2) is 8.84. The summed E-state index contributed by atoms with van der Waals surface area (Å²) >= 11 is 1.38. The Morgan fingerprint density at radius 1 is 1.09 bits per heavy atom. The Bertz CT molecular complexity index is 1260. The molecule has 1 fully saturated rings. The summed E-state index contributed by atoms with van der Waals surface area (Å²) in [5.41, 5.74) is 2.94. The van der Waals surface area contributed by atoms with Gasteiger partial charge in [-0.25, -0.2) is 4.98 Å². The molecule has 1 atom stereocenters. The summed E-state index contributed by atoms with van der Waals surface area (Å²) in [5, 5.41) is 6.05. The average molecular weight is 444 g/mol. The van der Waals surface area contributed by atoms with Gasteiger partial charge in [0.05, 0.1) is 17.5 Å². The first-order valence-electron chi connectivity index (χ1n) is 10.5. The SMILES string of the molecule is O=C(Nc1nccs1)c1cc(C2CCN(C(=O)Cc3ccccn3)C2)nc2ccccc12. The Kier molecular flexibility index (Phi) is 5.60. The summed E-state index contributed by atoms with van der Waals surface area (Å²) in [7, 11) is 0. The van der Waals surface area contributed by atoms with Crippen LogP contribution in [0.4, 0.5) is 5.13 Å². The smallest absolute Gasteiger partial charge is 0.258 e. The minimum Gasteiger partial charge on any atom is -0.342 e. The van der Waals surface area contributed by atoms with E-state index in [4.69, 9.17) is 4.98 Å². The van der Waals surface area contributed by atoms with E-state index >= 15 is 0 Å². The van der Waals surface area contributed by atoms with Crippen LogP contribution in [0.25, 0.3) is 10.9 Å². The van der Waals surface area contributed by atoms with Gasteiger partial charge in [0.15, 0.2) is 5.13 Å². The number of anilines is 1. The van der Waals surface area contributed by atoms with Crippen LogP contribution in [-0.4, -0.2) is 44.8 Å². The predicted octanol–water partition coefficient (Wildman–Crippen LogP) is 3.90. The molecule has 1 aromatic carbocycles. The summed E-state index contributed by atoms with van der Waals surface area (Å²) in [4.78, 5) is 40.9. The van der Waals surface area contributed by atoms with E-state index in [-0.39, 0.29) is 17.7 Å². The maximum absolute atomic E-state index is 13.0. The number of rotatable bonds is 5. The number of aromatic nitrogens is 3. The molecule has 1 N–H and O–H groups in total. The molecule has 0 bridgehead atoms. The van der Waals surface area contributed by atoms with E-state index in [2.05, 4.69) is 15.3 Å². The highest BCUT2D eigenvalue weighted by Gasteiger charge is 2.29. The Hall–Kier alpha value is -3.65. The number of nitrogens with one attached hydrogen (secondary N) is 1. The van der Waals surface area contributed by atoms with Gasteiger partial charge >= 0.3 is 0 Å². The molecular formula is C24H21N5O2S. The number of hydrogen-bond donors (Lipinski definition) is 1. The summed E-state index contributed by atoms with van der Waals surface area (Å²) in [5.74, 6) is -0.0618. The van der Waals surface area contributed by atoms with Crippen LogP contribution in [0.2, 0.25) is 0 Å². The van der Waals surface area contributed by atoms with E-state index in [1.165, 1.54) is 11.3 Å². The molecule has 160 valence electrons. The monoisotopic (exact) mass is 443 g/mol. The van der Waals surface area contributed by atoms with Gasteiger partial charge in [0.2, 0.25) is 5.91 Å². The number of para-hydroxylation sites is 1. The first-order chi connectivity index (χ1) is 15.7. The average Bonchev–Trinajstić information content (AvgIpc) is 3.51. The van der Waals surface area contributed by atoms with Crippen molar-refractivity contribution in [2.24, 2.45) is 0 Å². The lowest BCUT2D eigenvalue weighted by molar-refractivity contribution is -0.129. The van der Waals surface area contributed by atoms with Crippen LogP contribution in [0, 0.1) is 0 Å². The van der Waals surface area contributed by atoms with Crippen molar-refractivity contribution in [3.05, 3.63) is 83.3 Å². The Morgan fingerprint density at radius 2 is 1.97 bits per heavy atom. The lowest BCUT2D eigenvalue weighted by Gasteiger charge is -2.17. The predicted molar refractivity (Wildman–Crippen MR) is 124 cm³/mol. The Balaban J connectivity index is 1.38. The molecule has 1 aliphatic heterocycles. The number of carbonyl (C=O) groups is 2. The number of fused-ring (bicyclic) bond motifs is 1. The van der Waals surface area contributed by atoms with E-state index in [1.807, 2.05) is 58.8 Å². The van der Waals surface area contributed by atoms with Gasteiger partial charge in [-0.1, -0.05) is 24.3 Å². The molecule has 0 spiro atoms. The Morgan fingerprint density at radius 3 is 2.78 bits per heavy atom. The molecule has 1 aliphatic rings. The van der Waals surface area contributed by atoms with Crippen molar-refractivity contribution in [1.82, 2.24) is 19.9 Å². The van der Waals surface area contributed by atoms with Crippen LogP contribution in [-0.2, 0) is 11.2 Å². The fourth-order valence-corrected chi connectivity index (χ4v) is 4.56. The normalized spacial score (nSPS) is 15.8. The molecule has 4 aromatic rings. The quantitative estimate of drug-likeness (QED) is 0.505. The molecule has 3 aromatic heterocycles. The molecule has 1 saturated heterocycles. The van der Waals surface area contributed by atoms with Gasteiger partial charge in [0, 0.05) is 53.6 Å². The minimum atomic E-state index is -0.208. The second-order valence-electron chi connectivity index (χ2n) is 7.73.